The van der Waals surface area contributed by atoms with E-state index in [0.29, 0.717) is 24.4 Å². The molecule has 0 atom stereocenters. The summed E-state index contributed by atoms with van der Waals surface area (Å²) in [6.07, 6.45) is 1.86. The van der Waals surface area contributed by atoms with Crippen molar-refractivity contribution in [3.63, 3.8) is 0 Å². The zero-order valence-corrected chi connectivity index (χ0v) is 13.1. The lowest BCUT2D eigenvalue weighted by atomic mass is 10.1. The summed E-state index contributed by atoms with van der Waals surface area (Å²) in [5, 5.41) is 13.8. The van der Waals surface area contributed by atoms with Gasteiger partial charge in [0.1, 0.15) is 5.75 Å². The van der Waals surface area contributed by atoms with Crippen LogP contribution in [0.4, 0.5) is 0 Å². The normalized spacial score (nSPS) is 10.7. The Morgan fingerprint density at radius 1 is 1.23 bits per heavy atom. The van der Waals surface area contributed by atoms with Gasteiger partial charge in [-0.2, -0.15) is 5.10 Å². The van der Waals surface area contributed by atoms with Crippen molar-refractivity contribution in [2.75, 3.05) is 6.61 Å². The number of rotatable bonds is 7. The number of unbranched alkanes of at least 4 members (excludes halogenated alkanes) is 1. The van der Waals surface area contributed by atoms with E-state index in [9.17, 15) is 9.90 Å². The topological polar surface area (TPSA) is 64.3 Å². The molecule has 5 heteroatoms. The van der Waals surface area contributed by atoms with Crippen molar-refractivity contribution in [3.8, 4) is 17.0 Å². The zero-order valence-electron chi connectivity index (χ0n) is 13.1. The maximum Gasteiger partial charge on any atom is 0.272 e. The summed E-state index contributed by atoms with van der Waals surface area (Å²) in [5.41, 5.74) is 1.73. The van der Waals surface area contributed by atoms with Gasteiger partial charge in [-0.25, -0.2) is 4.68 Å². The van der Waals surface area contributed by atoms with Crippen molar-refractivity contribution >= 4 is 0 Å². The molecular formula is C17H22N2O3. The number of aromatic nitrogens is 2. The highest BCUT2D eigenvalue weighted by Gasteiger charge is 2.09. The molecule has 0 fully saturated rings. The molecule has 0 spiro atoms. The largest absolute Gasteiger partial charge is 0.494 e. The first-order valence-electron chi connectivity index (χ1n) is 7.64. The molecule has 0 radical (unpaired) electrons. The van der Waals surface area contributed by atoms with Gasteiger partial charge in [-0.15, -0.1) is 0 Å². The van der Waals surface area contributed by atoms with E-state index in [2.05, 4.69) is 12.0 Å². The van der Waals surface area contributed by atoms with Crippen LogP contribution < -0.4 is 10.3 Å². The van der Waals surface area contributed by atoms with Gasteiger partial charge in [-0.05, 0) is 43.7 Å². The lowest BCUT2D eigenvalue weighted by Gasteiger charge is -2.10. The summed E-state index contributed by atoms with van der Waals surface area (Å²) in [4.78, 5) is 12.1. The van der Waals surface area contributed by atoms with E-state index in [0.717, 1.165) is 24.2 Å². The molecular weight excluding hydrogens is 280 g/mol. The Morgan fingerprint density at radius 2 is 1.95 bits per heavy atom. The van der Waals surface area contributed by atoms with Gasteiger partial charge in [-0.1, -0.05) is 13.3 Å². The van der Waals surface area contributed by atoms with E-state index >= 15 is 0 Å². The van der Waals surface area contributed by atoms with Crippen LogP contribution in [-0.4, -0.2) is 21.5 Å². The fraction of sp³-hybridized carbons (Fsp3) is 0.412. The van der Waals surface area contributed by atoms with Crippen molar-refractivity contribution in [2.45, 2.75) is 39.8 Å². The van der Waals surface area contributed by atoms with Gasteiger partial charge >= 0.3 is 0 Å². The average molecular weight is 302 g/mol. The molecule has 1 N–H and O–H groups in total. The Kier molecular flexibility index (Phi) is 5.72. The molecule has 1 aromatic carbocycles. The lowest BCUT2D eigenvalue weighted by molar-refractivity contribution is 0.278. The van der Waals surface area contributed by atoms with Crippen molar-refractivity contribution in [3.05, 3.63) is 46.2 Å². The number of hydrogen-bond acceptors (Lipinski definition) is 4. The summed E-state index contributed by atoms with van der Waals surface area (Å²) >= 11 is 0. The second-order valence-electron chi connectivity index (χ2n) is 5.05. The Hall–Kier alpha value is -2.14. The summed E-state index contributed by atoms with van der Waals surface area (Å²) in [7, 11) is 0. The van der Waals surface area contributed by atoms with E-state index in [1.807, 2.05) is 31.2 Å². The van der Waals surface area contributed by atoms with Crippen LogP contribution in [-0.2, 0) is 13.2 Å². The summed E-state index contributed by atoms with van der Waals surface area (Å²) in [6.45, 7) is 4.90. The fourth-order valence-corrected chi connectivity index (χ4v) is 2.20. The molecule has 1 heterocycles. The second kappa shape index (κ2) is 7.75. The van der Waals surface area contributed by atoms with Gasteiger partial charge in [0.15, 0.2) is 0 Å². The van der Waals surface area contributed by atoms with Gasteiger partial charge in [0.25, 0.3) is 5.56 Å². The van der Waals surface area contributed by atoms with Gasteiger partial charge in [-0.3, -0.25) is 4.79 Å². The van der Waals surface area contributed by atoms with Crippen LogP contribution in [0.3, 0.4) is 0 Å². The molecule has 0 amide bonds. The highest BCUT2D eigenvalue weighted by Crippen LogP contribution is 2.20. The van der Waals surface area contributed by atoms with Gasteiger partial charge in [0.2, 0.25) is 0 Å². The number of ether oxygens (including phenoxy) is 1. The van der Waals surface area contributed by atoms with E-state index in [4.69, 9.17) is 4.74 Å². The first-order chi connectivity index (χ1) is 10.7. The zero-order chi connectivity index (χ0) is 15.9. The predicted octanol–water partition coefficient (Wildman–Crippen LogP) is 2.60. The second-order valence-corrected chi connectivity index (χ2v) is 5.05. The molecule has 0 bridgehead atoms. The van der Waals surface area contributed by atoms with Crippen LogP contribution in [0.25, 0.3) is 11.3 Å². The first-order valence-corrected chi connectivity index (χ1v) is 7.64. The third-order valence-corrected chi connectivity index (χ3v) is 3.40. The SMILES string of the molecule is CCCCn1nc(-c2ccc(OCC)cc2)cc(CO)c1=O. The molecule has 0 aliphatic carbocycles. The van der Waals surface area contributed by atoms with Gasteiger partial charge in [0, 0.05) is 17.7 Å². The van der Waals surface area contributed by atoms with Crippen LogP contribution >= 0.6 is 0 Å². The van der Waals surface area contributed by atoms with Gasteiger partial charge in [0.05, 0.1) is 18.9 Å². The van der Waals surface area contributed by atoms with E-state index in [1.54, 1.807) is 6.07 Å². The van der Waals surface area contributed by atoms with Crippen LogP contribution in [0.15, 0.2) is 35.1 Å². The van der Waals surface area contributed by atoms with Crippen molar-refractivity contribution < 1.29 is 9.84 Å². The highest BCUT2D eigenvalue weighted by molar-refractivity contribution is 5.60. The van der Waals surface area contributed by atoms with Crippen molar-refractivity contribution in [2.24, 2.45) is 0 Å². The van der Waals surface area contributed by atoms with Crippen molar-refractivity contribution in [1.29, 1.82) is 0 Å². The lowest BCUT2D eigenvalue weighted by Crippen LogP contribution is -2.26. The number of benzene rings is 1. The maximum atomic E-state index is 12.1. The van der Waals surface area contributed by atoms with E-state index in [1.165, 1.54) is 4.68 Å². The molecule has 0 unspecified atom stereocenters. The Morgan fingerprint density at radius 3 is 2.55 bits per heavy atom. The highest BCUT2D eigenvalue weighted by atomic mass is 16.5. The van der Waals surface area contributed by atoms with Crippen LogP contribution in [0.1, 0.15) is 32.3 Å². The third kappa shape index (κ3) is 3.74. The van der Waals surface area contributed by atoms with Gasteiger partial charge < -0.3 is 9.84 Å². The molecule has 0 aliphatic heterocycles. The Labute approximate surface area is 130 Å². The molecule has 2 rings (SSSR count). The van der Waals surface area contributed by atoms with E-state index in [-0.39, 0.29) is 12.2 Å². The number of aliphatic hydroxyl groups excluding tert-OH is 1. The van der Waals surface area contributed by atoms with Crippen molar-refractivity contribution in [1.82, 2.24) is 9.78 Å². The summed E-state index contributed by atoms with van der Waals surface area (Å²) < 4.78 is 6.87. The standard InChI is InChI=1S/C17H22N2O3/c1-3-5-10-19-17(21)14(12-20)11-16(18-19)13-6-8-15(9-7-13)22-4-2/h6-9,11,20H,3-5,10,12H2,1-2H3. The first kappa shape index (κ1) is 16.2. The number of hydrogen-bond donors (Lipinski definition) is 1. The number of aliphatic hydroxyl groups is 1. The molecule has 2 aromatic rings. The molecule has 118 valence electrons. The minimum atomic E-state index is -0.280. The molecule has 1 aromatic heterocycles. The Bertz CT molecular complexity index is 663. The quantitative estimate of drug-likeness (QED) is 0.854. The molecule has 5 nitrogen and oxygen atoms in total. The third-order valence-electron chi connectivity index (χ3n) is 3.40. The monoisotopic (exact) mass is 302 g/mol. The predicted molar refractivity (Wildman–Crippen MR) is 85.9 cm³/mol. The van der Waals surface area contributed by atoms with Crippen LogP contribution in [0.5, 0.6) is 5.75 Å². The minimum absolute atomic E-state index is 0.217. The average Bonchev–Trinajstić information content (AvgIpc) is 2.55. The molecule has 22 heavy (non-hydrogen) atoms. The number of nitrogens with zero attached hydrogens (tertiary/aromatic N) is 2. The molecule has 0 saturated carbocycles. The maximum absolute atomic E-state index is 12.1. The summed E-state index contributed by atoms with van der Waals surface area (Å²) in [5.74, 6) is 0.799. The summed E-state index contributed by atoms with van der Waals surface area (Å²) in [6, 6.07) is 9.22. The molecule has 0 aliphatic rings. The number of aryl methyl sites for hydroxylation is 1. The Balaban J connectivity index is 2.39. The fourth-order valence-electron chi connectivity index (χ4n) is 2.20. The minimum Gasteiger partial charge on any atom is -0.494 e. The van der Waals surface area contributed by atoms with Crippen LogP contribution in [0, 0.1) is 0 Å². The molecule has 0 saturated heterocycles. The van der Waals surface area contributed by atoms with E-state index < -0.39 is 0 Å². The smallest absolute Gasteiger partial charge is 0.272 e. The van der Waals surface area contributed by atoms with Crippen LogP contribution in [0.2, 0.25) is 0 Å².